The minimum atomic E-state index is -3.99. The molecule has 236 valence electrons. The maximum absolute atomic E-state index is 11.3. The van der Waals surface area contributed by atoms with Gasteiger partial charge in [-0.3, -0.25) is 20.2 Å². The smallest absolute Gasteiger partial charge is 0.269 e. The fourth-order valence-corrected chi connectivity index (χ4v) is 4.08. The fourth-order valence-electron chi connectivity index (χ4n) is 2.03. The number of rotatable bonds is 8. The zero-order valence-corrected chi connectivity index (χ0v) is 26.2. The van der Waals surface area contributed by atoms with Gasteiger partial charge in [-0.05, 0) is 24.3 Å². The highest BCUT2D eigenvalue weighted by molar-refractivity contribution is 7.92. The van der Waals surface area contributed by atoms with Crippen LogP contribution < -0.4 is 10.2 Å². The van der Waals surface area contributed by atoms with E-state index in [1.54, 1.807) is 0 Å². The Bertz CT molecular complexity index is 1300. The van der Waals surface area contributed by atoms with Crippen molar-refractivity contribution in [1.82, 2.24) is 0 Å². The highest BCUT2D eigenvalue weighted by atomic mass is 32.2. The number of carbonyl (C=O) groups is 2. The number of nitrogens with zero attached hydrogens (tertiary/aromatic N) is 4. The van der Waals surface area contributed by atoms with Crippen LogP contribution in [0.15, 0.2) is 58.3 Å². The number of nitro benzene ring substituents is 2. The number of benzene rings is 2. The first kappa shape index (κ1) is 40.1. The Kier molecular flexibility index (Phi) is 15.7. The first-order valence-electron chi connectivity index (χ1n) is 11.6. The molecule has 0 aliphatic heterocycles. The lowest BCUT2D eigenvalue weighted by molar-refractivity contribution is -0.849. The molecule has 0 aliphatic rings. The Balaban J connectivity index is 0. The summed E-state index contributed by atoms with van der Waals surface area (Å²) >= 11 is 0. The standard InChI is InChI=1S/2C8H7NO6S.2C4H12N/c2*10-8(11)5-16(14,15)7-3-1-6(2-4-7)9(12)13;2*1-5(2,3)4/h2*1-4H,5H2,(H,10,11);2*1-4H3/q;;2*+1/p-2. The number of hydrogen-bond acceptors (Lipinski definition) is 12. The molecule has 16 nitrogen and oxygen atoms in total. The third-order valence-electron chi connectivity index (χ3n) is 3.43. The summed E-state index contributed by atoms with van der Waals surface area (Å²) in [5, 5.41) is 40.9. The minimum absolute atomic E-state index is 0.271. The normalized spacial score (nSPS) is 11.2. The summed E-state index contributed by atoms with van der Waals surface area (Å²) in [6, 6.07) is 7.88. The van der Waals surface area contributed by atoms with Gasteiger partial charge in [0.15, 0.2) is 19.7 Å². The molecular formula is C24H36N4O12S2. The van der Waals surface area contributed by atoms with Gasteiger partial charge >= 0.3 is 0 Å². The Hall–Kier alpha value is -4.00. The maximum atomic E-state index is 11.3. The van der Waals surface area contributed by atoms with Crippen molar-refractivity contribution < 1.29 is 55.5 Å². The molecule has 0 aliphatic carbocycles. The van der Waals surface area contributed by atoms with Gasteiger partial charge in [-0.1, -0.05) is 0 Å². The number of sulfone groups is 2. The second-order valence-electron chi connectivity index (χ2n) is 11.1. The summed E-state index contributed by atoms with van der Waals surface area (Å²) in [4.78, 5) is 39.0. The zero-order chi connectivity index (χ0) is 33.7. The van der Waals surface area contributed by atoms with Crippen LogP contribution in [0.5, 0.6) is 0 Å². The molecule has 0 unspecified atom stereocenters. The summed E-state index contributed by atoms with van der Waals surface area (Å²) in [6.45, 7) is 0. The first-order valence-corrected chi connectivity index (χ1v) is 14.9. The van der Waals surface area contributed by atoms with Crippen LogP contribution in [0.1, 0.15) is 0 Å². The molecule has 0 spiro atoms. The van der Waals surface area contributed by atoms with Gasteiger partial charge in [-0.25, -0.2) is 16.8 Å². The Morgan fingerprint density at radius 2 is 0.762 bits per heavy atom. The molecule has 2 rings (SSSR count). The quantitative estimate of drug-likeness (QED) is 0.190. The van der Waals surface area contributed by atoms with Crippen LogP contribution >= 0.6 is 0 Å². The van der Waals surface area contributed by atoms with Crippen molar-refractivity contribution in [3.05, 3.63) is 68.8 Å². The van der Waals surface area contributed by atoms with Gasteiger partial charge in [0.05, 0.1) is 99.5 Å². The van der Waals surface area contributed by atoms with Crippen molar-refractivity contribution in [2.24, 2.45) is 0 Å². The molecule has 0 saturated heterocycles. The molecule has 0 bridgehead atoms. The van der Waals surface area contributed by atoms with Crippen LogP contribution in [0.2, 0.25) is 0 Å². The van der Waals surface area contributed by atoms with Crippen LogP contribution in [0.3, 0.4) is 0 Å². The van der Waals surface area contributed by atoms with E-state index in [0.717, 1.165) is 57.5 Å². The molecule has 0 saturated carbocycles. The fraction of sp³-hybridized carbons (Fsp3) is 0.417. The lowest BCUT2D eigenvalue weighted by atomic mass is 10.3. The van der Waals surface area contributed by atoms with Crippen molar-refractivity contribution >= 4 is 43.0 Å². The number of carbonyl (C=O) groups excluding carboxylic acids is 2. The summed E-state index contributed by atoms with van der Waals surface area (Å²) in [5.41, 5.74) is -0.542. The lowest BCUT2D eigenvalue weighted by Gasteiger charge is -2.14. The number of non-ortho nitro benzene ring substituents is 2. The molecule has 18 heteroatoms. The topological polar surface area (TPSA) is 235 Å². The highest BCUT2D eigenvalue weighted by Crippen LogP contribution is 2.17. The SMILES string of the molecule is C[N+](C)(C)C.C[N+](C)(C)C.O=C([O-])CS(=O)(=O)c1ccc([N+](=O)[O-])cc1.O=C([O-])CS(=O)(=O)c1ccc([N+](=O)[O-])cc1. The van der Waals surface area contributed by atoms with Gasteiger partial charge < -0.3 is 28.8 Å². The monoisotopic (exact) mass is 636 g/mol. The van der Waals surface area contributed by atoms with Gasteiger partial charge in [-0.15, -0.1) is 0 Å². The average molecular weight is 637 g/mol. The third kappa shape index (κ3) is 20.8. The Labute approximate surface area is 244 Å². The molecule has 2 aromatic rings. The van der Waals surface area contributed by atoms with Crippen LogP contribution in [0.4, 0.5) is 11.4 Å². The second-order valence-corrected chi connectivity index (χ2v) is 15.1. The number of carboxylic acids is 2. The van der Waals surface area contributed by atoms with Gasteiger partial charge in [0.1, 0.15) is 0 Å². The van der Waals surface area contributed by atoms with E-state index >= 15 is 0 Å². The predicted molar refractivity (Wildman–Crippen MR) is 148 cm³/mol. The number of quaternary nitrogens is 2. The molecule has 0 atom stereocenters. The van der Waals surface area contributed by atoms with Crippen LogP contribution in [-0.2, 0) is 29.3 Å². The highest BCUT2D eigenvalue weighted by Gasteiger charge is 2.17. The third-order valence-corrected chi connectivity index (χ3v) is 6.64. The van der Waals surface area contributed by atoms with E-state index in [2.05, 4.69) is 56.4 Å². The Morgan fingerprint density at radius 1 is 0.571 bits per heavy atom. The molecule has 42 heavy (non-hydrogen) atoms. The molecule has 0 N–H and O–H groups in total. The molecule has 0 aromatic heterocycles. The van der Waals surface area contributed by atoms with E-state index in [4.69, 9.17) is 0 Å². The minimum Gasteiger partial charge on any atom is -0.549 e. The van der Waals surface area contributed by atoms with Crippen molar-refractivity contribution in [3.63, 3.8) is 0 Å². The van der Waals surface area contributed by atoms with Crippen molar-refractivity contribution in [1.29, 1.82) is 0 Å². The van der Waals surface area contributed by atoms with Crippen LogP contribution in [0.25, 0.3) is 0 Å². The van der Waals surface area contributed by atoms with Gasteiger partial charge in [0.2, 0.25) is 0 Å². The first-order chi connectivity index (χ1) is 18.7. The molecule has 0 fully saturated rings. The van der Waals surface area contributed by atoms with E-state index in [0.29, 0.717) is 0 Å². The van der Waals surface area contributed by atoms with E-state index in [-0.39, 0.29) is 21.2 Å². The average Bonchev–Trinajstić information content (AvgIpc) is 2.76. The van der Waals surface area contributed by atoms with Crippen molar-refractivity contribution in [2.75, 3.05) is 67.9 Å². The van der Waals surface area contributed by atoms with Gasteiger partial charge in [0, 0.05) is 24.3 Å². The zero-order valence-electron chi connectivity index (χ0n) is 24.5. The summed E-state index contributed by atoms with van der Waals surface area (Å²) < 4.78 is 47.3. The van der Waals surface area contributed by atoms with Gasteiger partial charge in [-0.2, -0.15) is 0 Å². The number of aliphatic carboxylic acids is 2. The molecule has 0 radical (unpaired) electrons. The number of hydrogen-bond donors (Lipinski definition) is 0. The Morgan fingerprint density at radius 3 is 0.905 bits per heavy atom. The molecular weight excluding hydrogens is 600 g/mol. The maximum Gasteiger partial charge on any atom is 0.269 e. The van der Waals surface area contributed by atoms with Crippen molar-refractivity contribution in [3.8, 4) is 0 Å². The van der Waals surface area contributed by atoms with Crippen LogP contribution in [0, 0.1) is 20.2 Å². The summed E-state index contributed by atoms with van der Waals surface area (Å²) in [5.74, 6) is -5.74. The molecule has 0 amide bonds. The van der Waals surface area contributed by atoms with E-state index in [1.165, 1.54) is 0 Å². The molecule has 0 heterocycles. The summed E-state index contributed by atoms with van der Waals surface area (Å²) in [6.07, 6.45) is 0. The van der Waals surface area contributed by atoms with Gasteiger partial charge in [0.25, 0.3) is 11.4 Å². The van der Waals surface area contributed by atoms with E-state index in [9.17, 15) is 56.9 Å². The predicted octanol–water partition coefficient (Wildman–Crippen LogP) is -1.12. The number of carboxylic acid groups (broad SMARTS) is 2. The van der Waals surface area contributed by atoms with E-state index in [1.807, 2.05) is 0 Å². The van der Waals surface area contributed by atoms with Crippen LogP contribution in [-0.4, -0.2) is 115 Å². The summed E-state index contributed by atoms with van der Waals surface area (Å²) in [7, 11) is 9.03. The number of nitro groups is 2. The lowest BCUT2D eigenvalue weighted by Crippen LogP contribution is -2.30. The van der Waals surface area contributed by atoms with Crippen molar-refractivity contribution in [2.45, 2.75) is 9.79 Å². The molecule has 2 aromatic carbocycles. The second kappa shape index (κ2) is 16.4. The van der Waals surface area contributed by atoms with E-state index < -0.39 is 53.0 Å². The largest absolute Gasteiger partial charge is 0.549 e.